The third kappa shape index (κ3) is 2.23. The lowest BCUT2D eigenvalue weighted by atomic mass is 9.84. The lowest BCUT2D eigenvalue weighted by Crippen LogP contribution is -2.23. The number of nitrogens with one attached hydrogen (secondary N) is 2. The van der Waals surface area contributed by atoms with E-state index in [-0.39, 0.29) is 11.8 Å². The van der Waals surface area contributed by atoms with Gasteiger partial charge in [0.1, 0.15) is 0 Å². The molecule has 0 saturated heterocycles. The van der Waals surface area contributed by atoms with Crippen molar-refractivity contribution in [2.75, 3.05) is 5.32 Å². The smallest absolute Gasteiger partial charge is 0.226 e. The first-order valence-corrected chi connectivity index (χ1v) is 8.50. The number of amides is 1. The Morgan fingerprint density at radius 3 is 2.85 bits per heavy atom. The molecule has 1 atom stereocenters. The zero-order chi connectivity index (χ0) is 17.7. The number of carbonyl (C=O) groups is 1. The zero-order valence-corrected chi connectivity index (χ0v) is 14.1. The van der Waals surface area contributed by atoms with E-state index in [1.54, 1.807) is 0 Å². The van der Waals surface area contributed by atoms with Crippen LogP contribution >= 0.6 is 0 Å². The summed E-state index contributed by atoms with van der Waals surface area (Å²) in [5.41, 5.74) is 5.65. The van der Waals surface area contributed by atoms with Gasteiger partial charge in [0.05, 0.1) is 11.4 Å². The second kappa shape index (κ2) is 5.56. The topological polar surface area (TPSA) is 83.8 Å². The number of hydrogen-bond acceptors (Lipinski definition) is 4. The van der Waals surface area contributed by atoms with Gasteiger partial charge in [0.2, 0.25) is 5.91 Å². The molecule has 0 radical (unpaired) electrons. The fraction of sp³-hybridized carbons (Fsp3) is 0.150. The minimum Gasteiger partial charge on any atom is -0.356 e. The molecule has 0 unspecified atom stereocenters. The molecule has 5 rings (SSSR count). The monoisotopic (exact) mass is 344 g/mol. The van der Waals surface area contributed by atoms with Crippen molar-refractivity contribution in [2.24, 2.45) is 0 Å². The number of benzene rings is 2. The van der Waals surface area contributed by atoms with Crippen LogP contribution in [0.1, 0.15) is 29.2 Å². The highest BCUT2D eigenvalue weighted by Crippen LogP contribution is 2.42. The number of carbonyl (C=O) groups excluding carboxylic acids is 1. The molecule has 1 aliphatic rings. The SMILES string of the molecule is Cc1noc2ccc([C@H]3CC(=O)Nc4n[nH]c(-c5ccccc5)c43)cc12. The van der Waals surface area contributed by atoms with Crippen LogP contribution < -0.4 is 5.32 Å². The molecule has 6 heteroatoms. The standard InChI is InChI=1S/C20H16N4O2/c1-11-14-9-13(7-8-16(14)26-24-11)15-10-17(25)21-20-18(15)19(22-23-20)12-5-3-2-4-6-12/h2-9,15H,10H2,1H3,(H2,21,22,23,25)/t15-/m1/s1. The van der Waals surface area contributed by atoms with E-state index in [9.17, 15) is 4.79 Å². The van der Waals surface area contributed by atoms with Crippen LogP contribution in [-0.2, 0) is 4.79 Å². The van der Waals surface area contributed by atoms with E-state index in [1.165, 1.54) is 0 Å². The van der Waals surface area contributed by atoms with E-state index in [2.05, 4.69) is 26.7 Å². The highest BCUT2D eigenvalue weighted by molar-refractivity contribution is 5.96. The lowest BCUT2D eigenvalue weighted by Gasteiger charge is -2.23. The molecule has 26 heavy (non-hydrogen) atoms. The van der Waals surface area contributed by atoms with E-state index in [1.807, 2.05) is 49.4 Å². The van der Waals surface area contributed by atoms with Crippen molar-refractivity contribution in [2.45, 2.75) is 19.3 Å². The number of aromatic nitrogens is 3. The average molecular weight is 344 g/mol. The Bertz CT molecular complexity index is 1130. The predicted octanol–water partition coefficient (Wildman–Crippen LogP) is 4.00. The van der Waals surface area contributed by atoms with E-state index in [0.717, 1.165) is 39.0 Å². The van der Waals surface area contributed by atoms with Crippen LogP contribution in [0.25, 0.3) is 22.2 Å². The Morgan fingerprint density at radius 2 is 2.00 bits per heavy atom. The maximum Gasteiger partial charge on any atom is 0.226 e. The van der Waals surface area contributed by atoms with Crippen molar-refractivity contribution in [1.82, 2.24) is 15.4 Å². The molecule has 0 aliphatic carbocycles. The van der Waals surface area contributed by atoms with Crippen molar-refractivity contribution >= 4 is 22.7 Å². The Hall–Kier alpha value is -3.41. The van der Waals surface area contributed by atoms with Gasteiger partial charge >= 0.3 is 0 Å². The second-order valence-electron chi connectivity index (χ2n) is 6.56. The number of fused-ring (bicyclic) bond motifs is 2. The number of H-pyrrole nitrogens is 1. The predicted molar refractivity (Wildman–Crippen MR) is 97.9 cm³/mol. The maximum absolute atomic E-state index is 12.2. The Labute approximate surface area is 149 Å². The molecule has 1 aliphatic heterocycles. The van der Waals surface area contributed by atoms with Crippen LogP contribution in [-0.4, -0.2) is 21.3 Å². The van der Waals surface area contributed by atoms with Gasteiger partial charge in [0.15, 0.2) is 11.4 Å². The van der Waals surface area contributed by atoms with Crippen molar-refractivity contribution in [3.05, 3.63) is 65.4 Å². The van der Waals surface area contributed by atoms with E-state index in [0.29, 0.717) is 12.2 Å². The summed E-state index contributed by atoms with van der Waals surface area (Å²) in [6.07, 6.45) is 0.377. The van der Waals surface area contributed by atoms with Gasteiger partial charge in [-0.1, -0.05) is 41.6 Å². The van der Waals surface area contributed by atoms with Gasteiger partial charge in [-0.3, -0.25) is 9.89 Å². The highest BCUT2D eigenvalue weighted by atomic mass is 16.5. The number of nitrogens with zero attached hydrogens (tertiary/aromatic N) is 2. The third-order valence-corrected chi connectivity index (χ3v) is 4.94. The molecule has 1 amide bonds. The summed E-state index contributed by atoms with van der Waals surface area (Å²) in [4.78, 5) is 12.2. The molecule has 2 aromatic carbocycles. The third-order valence-electron chi connectivity index (χ3n) is 4.94. The Kier molecular flexibility index (Phi) is 3.18. The van der Waals surface area contributed by atoms with Gasteiger partial charge < -0.3 is 9.84 Å². The first-order valence-electron chi connectivity index (χ1n) is 8.50. The van der Waals surface area contributed by atoms with Gasteiger partial charge in [-0.25, -0.2) is 0 Å². The summed E-state index contributed by atoms with van der Waals surface area (Å²) in [6, 6.07) is 16.0. The van der Waals surface area contributed by atoms with E-state index < -0.39 is 0 Å². The molecule has 4 aromatic rings. The van der Waals surface area contributed by atoms with Crippen LogP contribution in [0.3, 0.4) is 0 Å². The first kappa shape index (κ1) is 14.9. The Balaban J connectivity index is 1.70. The molecule has 0 bridgehead atoms. The summed E-state index contributed by atoms with van der Waals surface area (Å²) in [5, 5.41) is 15.3. The van der Waals surface area contributed by atoms with Gasteiger partial charge in [0.25, 0.3) is 0 Å². The molecule has 0 fully saturated rings. The van der Waals surface area contributed by atoms with E-state index >= 15 is 0 Å². The number of anilines is 1. The quantitative estimate of drug-likeness (QED) is 0.576. The largest absolute Gasteiger partial charge is 0.356 e. The van der Waals surface area contributed by atoms with Crippen LogP contribution in [0.5, 0.6) is 0 Å². The molecule has 128 valence electrons. The number of hydrogen-bond donors (Lipinski definition) is 2. The fourth-order valence-electron chi connectivity index (χ4n) is 3.66. The Morgan fingerprint density at radius 1 is 1.15 bits per heavy atom. The zero-order valence-electron chi connectivity index (χ0n) is 14.1. The van der Waals surface area contributed by atoms with Crippen LogP contribution in [0.2, 0.25) is 0 Å². The van der Waals surface area contributed by atoms with Crippen molar-refractivity contribution in [3.8, 4) is 11.3 Å². The normalized spacial score (nSPS) is 16.5. The van der Waals surface area contributed by atoms with Crippen LogP contribution in [0.4, 0.5) is 5.82 Å². The van der Waals surface area contributed by atoms with Crippen molar-refractivity contribution in [1.29, 1.82) is 0 Å². The van der Waals surface area contributed by atoms with Crippen LogP contribution in [0, 0.1) is 6.92 Å². The summed E-state index contributed by atoms with van der Waals surface area (Å²) in [5.74, 6) is 0.495. The number of aromatic amines is 1. The summed E-state index contributed by atoms with van der Waals surface area (Å²) < 4.78 is 5.31. The maximum atomic E-state index is 12.2. The summed E-state index contributed by atoms with van der Waals surface area (Å²) in [6.45, 7) is 1.92. The molecule has 3 heterocycles. The fourth-order valence-corrected chi connectivity index (χ4v) is 3.66. The molecule has 2 N–H and O–H groups in total. The second-order valence-corrected chi connectivity index (χ2v) is 6.56. The number of aryl methyl sites for hydroxylation is 1. The highest BCUT2D eigenvalue weighted by Gasteiger charge is 2.32. The lowest BCUT2D eigenvalue weighted by molar-refractivity contribution is -0.116. The van der Waals surface area contributed by atoms with Gasteiger partial charge in [-0.2, -0.15) is 5.10 Å². The first-order chi connectivity index (χ1) is 12.7. The van der Waals surface area contributed by atoms with Crippen molar-refractivity contribution in [3.63, 3.8) is 0 Å². The summed E-state index contributed by atoms with van der Waals surface area (Å²) >= 11 is 0. The molecule has 0 spiro atoms. The van der Waals surface area contributed by atoms with Crippen LogP contribution in [0.15, 0.2) is 53.1 Å². The molecule has 2 aromatic heterocycles. The van der Waals surface area contributed by atoms with E-state index in [4.69, 9.17) is 4.52 Å². The van der Waals surface area contributed by atoms with Gasteiger partial charge in [0, 0.05) is 23.3 Å². The minimum atomic E-state index is -0.0774. The van der Waals surface area contributed by atoms with Crippen molar-refractivity contribution < 1.29 is 9.32 Å². The molecule has 6 nitrogen and oxygen atoms in total. The number of rotatable bonds is 2. The minimum absolute atomic E-state index is 0.0317. The van der Waals surface area contributed by atoms with Gasteiger partial charge in [-0.05, 0) is 30.2 Å². The van der Waals surface area contributed by atoms with Gasteiger partial charge in [-0.15, -0.1) is 0 Å². The summed E-state index contributed by atoms with van der Waals surface area (Å²) in [7, 11) is 0. The molecular formula is C20H16N4O2. The molecule has 0 saturated carbocycles. The average Bonchev–Trinajstić information content (AvgIpc) is 3.25. The molecular weight excluding hydrogens is 328 g/mol.